The SMILES string of the molecule is CCn1c2ccccc2c2cc(NC(=O)C(C)OC(=O)c3c4c(nc5ccccc35)CCN(C(C)C)C4)ccc21. The van der Waals surface area contributed by atoms with Crippen LogP contribution in [0.4, 0.5) is 5.69 Å². The van der Waals surface area contributed by atoms with Gasteiger partial charge in [-0.05, 0) is 58.0 Å². The van der Waals surface area contributed by atoms with Gasteiger partial charge in [-0.3, -0.25) is 14.7 Å². The number of hydrogen-bond acceptors (Lipinski definition) is 5. The number of carbonyl (C=O) groups is 2. The van der Waals surface area contributed by atoms with Gasteiger partial charge in [0, 0.05) is 76.2 Å². The summed E-state index contributed by atoms with van der Waals surface area (Å²) < 4.78 is 8.08. The summed E-state index contributed by atoms with van der Waals surface area (Å²) >= 11 is 0. The molecule has 204 valence electrons. The predicted molar refractivity (Wildman–Crippen MR) is 160 cm³/mol. The molecule has 1 atom stereocenters. The van der Waals surface area contributed by atoms with E-state index < -0.39 is 12.1 Å². The molecule has 0 saturated heterocycles. The van der Waals surface area contributed by atoms with Gasteiger partial charge >= 0.3 is 5.97 Å². The summed E-state index contributed by atoms with van der Waals surface area (Å²) in [6.07, 6.45) is -0.210. The second kappa shape index (κ2) is 10.4. The molecule has 1 unspecified atom stereocenters. The normalized spacial score (nSPS) is 14.5. The molecule has 0 saturated carbocycles. The fourth-order valence-electron chi connectivity index (χ4n) is 5.87. The van der Waals surface area contributed by atoms with Crippen LogP contribution < -0.4 is 5.32 Å². The molecule has 2 aromatic heterocycles. The average Bonchev–Trinajstić information content (AvgIpc) is 3.28. The molecular weight excluding hydrogens is 500 g/mol. The van der Waals surface area contributed by atoms with Crippen LogP contribution in [0.15, 0.2) is 66.7 Å². The number of aryl methyl sites for hydroxylation is 1. The largest absolute Gasteiger partial charge is 0.449 e. The molecule has 0 fully saturated rings. The maximum absolute atomic E-state index is 13.7. The molecule has 3 aromatic carbocycles. The number of pyridine rings is 1. The molecule has 1 N–H and O–H groups in total. The van der Waals surface area contributed by atoms with Crippen molar-refractivity contribution >= 4 is 50.3 Å². The highest BCUT2D eigenvalue weighted by Crippen LogP contribution is 2.32. The first kappa shape index (κ1) is 26.0. The van der Waals surface area contributed by atoms with Gasteiger partial charge in [-0.25, -0.2) is 4.79 Å². The fraction of sp³-hybridized carbons (Fsp3) is 0.303. The lowest BCUT2D eigenvalue weighted by Crippen LogP contribution is -2.37. The Labute approximate surface area is 233 Å². The molecule has 0 bridgehead atoms. The summed E-state index contributed by atoms with van der Waals surface area (Å²) in [6.45, 7) is 10.4. The number of ether oxygens (including phenoxy) is 1. The van der Waals surface area contributed by atoms with E-state index in [4.69, 9.17) is 9.72 Å². The lowest BCUT2D eigenvalue weighted by atomic mass is 9.95. The lowest BCUT2D eigenvalue weighted by molar-refractivity contribution is -0.123. The Morgan fingerprint density at radius 1 is 0.950 bits per heavy atom. The summed E-state index contributed by atoms with van der Waals surface area (Å²) in [5.41, 5.74) is 6.05. The number of benzene rings is 3. The van der Waals surface area contributed by atoms with Gasteiger partial charge in [-0.2, -0.15) is 0 Å². The minimum atomic E-state index is -0.979. The van der Waals surface area contributed by atoms with Crippen LogP contribution >= 0.6 is 0 Å². The third kappa shape index (κ3) is 4.50. The molecule has 0 aliphatic carbocycles. The van der Waals surface area contributed by atoms with Crippen molar-refractivity contribution in [1.82, 2.24) is 14.5 Å². The zero-order chi connectivity index (χ0) is 28.0. The van der Waals surface area contributed by atoms with Crippen molar-refractivity contribution in [2.45, 2.75) is 59.4 Å². The van der Waals surface area contributed by atoms with E-state index in [0.717, 1.165) is 63.5 Å². The zero-order valence-electron chi connectivity index (χ0n) is 23.4. The number of aromatic nitrogens is 2. The summed E-state index contributed by atoms with van der Waals surface area (Å²) in [7, 11) is 0. The fourth-order valence-corrected chi connectivity index (χ4v) is 5.87. The molecule has 5 aromatic rings. The second-order valence-electron chi connectivity index (χ2n) is 10.8. The molecular formula is C33H34N4O3. The maximum atomic E-state index is 13.7. The third-order valence-electron chi connectivity index (χ3n) is 8.02. The third-order valence-corrected chi connectivity index (χ3v) is 8.02. The van der Waals surface area contributed by atoms with Crippen LogP contribution in [0.3, 0.4) is 0 Å². The highest BCUT2D eigenvalue weighted by Gasteiger charge is 2.29. The molecule has 1 amide bonds. The smallest absolute Gasteiger partial charge is 0.339 e. The van der Waals surface area contributed by atoms with Gasteiger partial charge in [0.05, 0.1) is 11.1 Å². The van der Waals surface area contributed by atoms with Gasteiger partial charge in [0.2, 0.25) is 0 Å². The van der Waals surface area contributed by atoms with Crippen LogP contribution in [-0.4, -0.2) is 45.0 Å². The number of amides is 1. The van der Waals surface area contributed by atoms with Crippen molar-refractivity contribution in [3.05, 3.63) is 83.6 Å². The van der Waals surface area contributed by atoms with Crippen molar-refractivity contribution in [3.63, 3.8) is 0 Å². The first-order chi connectivity index (χ1) is 19.4. The van der Waals surface area contributed by atoms with Crippen LogP contribution in [0.1, 0.15) is 49.3 Å². The Bertz CT molecular complexity index is 1770. The highest BCUT2D eigenvalue weighted by molar-refractivity contribution is 6.10. The monoisotopic (exact) mass is 534 g/mol. The molecule has 7 nitrogen and oxygen atoms in total. The highest BCUT2D eigenvalue weighted by atomic mass is 16.5. The molecule has 1 aliphatic heterocycles. The topological polar surface area (TPSA) is 76.5 Å². The number of esters is 1. The standard InChI is InChI=1S/C33H34N4O3/c1-5-37-29-13-9-7-10-23(29)25-18-22(14-15-30(25)37)34-32(38)21(4)40-33(39)31-24-11-6-8-12-27(24)35-28-16-17-36(20(2)3)19-26(28)31/h6-15,18,20-21H,5,16-17,19H2,1-4H3,(H,34,38). The minimum Gasteiger partial charge on any atom is -0.449 e. The van der Waals surface area contributed by atoms with E-state index in [0.29, 0.717) is 23.8 Å². The summed E-state index contributed by atoms with van der Waals surface area (Å²) in [5.74, 6) is -0.868. The number of para-hydroxylation sites is 2. The summed E-state index contributed by atoms with van der Waals surface area (Å²) in [6, 6.07) is 22.2. The number of nitrogens with zero attached hydrogens (tertiary/aromatic N) is 3. The summed E-state index contributed by atoms with van der Waals surface area (Å²) in [4.78, 5) is 34.1. The van der Waals surface area contributed by atoms with Crippen molar-refractivity contribution in [1.29, 1.82) is 0 Å². The molecule has 7 heteroatoms. The van der Waals surface area contributed by atoms with E-state index in [-0.39, 0.29) is 5.91 Å². The van der Waals surface area contributed by atoms with Gasteiger partial charge in [0.15, 0.2) is 6.10 Å². The van der Waals surface area contributed by atoms with Crippen molar-refractivity contribution < 1.29 is 14.3 Å². The zero-order valence-corrected chi connectivity index (χ0v) is 23.4. The Balaban J connectivity index is 1.27. The van der Waals surface area contributed by atoms with Crippen LogP contribution in [0.5, 0.6) is 0 Å². The van der Waals surface area contributed by atoms with E-state index in [1.165, 1.54) is 0 Å². The van der Waals surface area contributed by atoms with Gasteiger partial charge in [0.1, 0.15) is 0 Å². The van der Waals surface area contributed by atoms with Crippen LogP contribution in [-0.2, 0) is 29.0 Å². The molecule has 3 heterocycles. The van der Waals surface area contributed by atoms with Gasteiger partial charge < -0.3 is 14.6 Å². The predicted octanol–water partition coefficient (Wildman–Crippen LogP) is 6.31. The number of nitrogens with one attached hydrogen (secondary N) is 1. The second-order valence-corrected chi connectivity index (χ2v) is 10.8. The van der Waals surface area contributed by atoms with Gasteiger partial charge in [-0.1, -0.05) is 36.4 Å². The lowest BCUT2D eigenvalue weighted by Gasteiger charge is -2.32. The van der Waals surface area contributed by atoms with Crippen LogP contribution in [0, 0.1) is 0 Å². The van der Waals surface area contributed by atoms with Crippen LogP contribution in [0.25, 0.3) is 32.7 Å². The Kier molecular flexibility index (Phi) is 6.76. The quantitative estimate of drug-likeness (QED) is 0.258. The maximum Gasteiger partial charge on any atom is 0.339 e. The minimum absolute atomic E-state index is 0.344. The van der Waals surface area contributed by atoms with Crippen molar-refractivity contribution in [3.8, 4) is 0 Å². The number of rotatable bonds is 6. The number of anilines is 1. The summed E-state index contributed by atoms with van der Waals surface area (Å²) in [5, 5.41) is 5.92. The van der Waals surface area contributed by atoms with Gasteiger partial charge in [0.25, 0.3) is 5.91 Å². The Hall–Kier alpha value is -4.23. The Morgan fingerprint density at radius 3 is 2.45 bits per heavy atom. The Morgan fingerprint density at radius 2 is 1.68 bits per heavy atom. The molecule has 6 rings (SSSR count). The molecule has 1 aliphatic rings. The first-order valence-corrected chi connectivity index (χ1v) is 14.0. The molecule has 40 heavy (non-hydrogen) atoms. The van der Waals surface area contributed by atoms with Gasteiger partial charge in [-0.15, -0.1) is 0 Å². The van der Waals surface area contributed by atoms with E-state index in [9.17, 15) is 9.59 Å². The van der Waals surface area contributed by atoms with E-state index in [1.54, 1.807) is 6.92 Å². The van der Waals surface area contributed by atoms with Crippen molar-refractivity contribution in [2.75, 3.05) is 11.9 Å². The number of carbonyl (C=O) groups excluding carboxylic acids is 2. The number of fused-ring (bicyclic) bond motifs is 5. The van der Waals surface area contributed by atoms with Crippen molar-refractivity contribution in [2.24, 2.45) is 0 Å². The van der Waals surface area contributed by atoms with E-state index in [2.05, 4.69) is 47.7 Å². The van der Waals surface area contributed by atoms with Crippen LogP contribution in [0.2, 0.25) is 0 Å². The first-order valence-electron chi connectivity index (χ1n) is 14.0. The number of hydrogen-bond donors (Lipinski definition) is 1. The van der Waals surface area contributed by atoms with E-state index >= 15 is 0 Å². The molecule has 0 radical (unpaired) electrons. The average molecular weight is 535 g/mol. The molecule has 0 spiro atoms. The van der Waals surface area contributed by atoms with E-state index in [1.807, 2.05) is 54.6 Å².